The Balaban J connectivity index is 0.000000275. The van der Waals surface area contributed by atoms with E-state index >= 15 is 0 Å². The van der Waals surface area contributed by atoms with Crippen LogP contribution in [0.15, 0.2) is 146 Å². The van der Waals surface area contributed by atoms with E-state index in [9.17, 15) is 0 Å². The first-order valence-electron chi connectivity index (χ1n) is 11.5. The van der Waals surface area contributed by atoms with Crippen molar-refractivity contribution in [2.45, 2.75) is 6.92 Å². The van der Waals surface area contributed by atoms with E-state index < -0.39 is 7.26 Å². The van der Waals surface area contributed by atoms with Gasteiger partial charge in [-0.05, 0) is 6.92 Å². The van der Waals surface area contributed by atoms with Crippen molar-refractivity contribution in [2.75, 3.05) is 0 Å². The minimum absolute atomic E-state index is 1.33. The Morgan fingerprint density at radius 3 is 0.909 bits per heavy atom. The zero-order valence-corrected chi connectivity index (χ0v) is 20.4. The van der Waals surface area contributed by atoms with Crippen LogP contribution in [0, 0.1) is 6.92 Å². The van der Waals surface area contributed by atoms with Crippen LogP contribution in [-0.2, 0) is 0 Å². The van der Waals surface area contributed by atoms with E-state index in [-0.39, 0.29) is 0 Å². The summed E-state index contributed by atoms with van der Waals surface area (Å²) < 4.78 is 0. The third kappa shape index (κ3) is 5.16. The molecule has 0 saturated heterocycles. The number of benzene rings is 5. The SMILES string of the molecule is Bc1ccc(C)cc1.c1ccc([PH](c2ccccc2)(c2ccccc2)c2ccccc2)cc1. The van der Waals surface area contributed by atoms with Gasteiger partial charge >= 0.3 is 150 Å². The van der Waals surface area contributed by atoms with Crippen molar-refractivity contribution in [3.63, 3.8) is 0 Å². The van der Waals surface area contributed by atoms with Gasteiger partial charge in [-0.3, -0.25) is 0 Å². The van der Waals surface area contributed by atoms with E-state index in [4.69, 9.17) is 0 Å². The van der Waals surface area contributed by atoms with Crippen molar-refractivity contribution in [1.29, 1.82) is 0 Å². The molecule has 0 fully saturated rings. The maximum absolute atomic E-state index is 2.30. The fourth-order valence-electron chi connectivity index (χ4n) is 4.39. The molecule has 33 heavy (non-hydrogen) atoms. The molecule has 0 bridgehead atoms. The molecule has 0 aliphatic heterocycles. The summed E-state index contributed by atoms with van der Waals surface area (Å²) in [6, 6.07) is 52.5. The van der Waals surface area contributed by atoms with Crippen LogP contribution in [0.5, 0.6) is 0 Å². The predicted octanol–water partition coefficient (Wildman–Crippen LogP) is 4.29. The van der Waals surface area contributed by atoms with Crippen LogP contribution in [-0.4, -0.2) is 7.85 Å². The average Bonchev–Trinajstić information content (AvgIpc) is 2.89. The molecule has 0 amide bonds. The average molecular weight is 444 g/mol. The zero-order chi connectivity index (χ0) is 22.9. The van der Waals surface area contributed by atoms with Crippen LogP contribution in [0.25, 0.3) is 0 Å². The summed E-state index contributed by atoms with van der Waals surface area (Å²) in [6.07, 6.45) is 0. The molecule has 0 atom stereocenters. The van der Waals surface area contributed by atoms with Crippen LogP contribution in [0.3, 0.4) is 0 Å². The van der Waals surface area contributed by atoms with Gasteiger partial charge in [-0.1, -0.05) is 35.3 Å². The van der Waals surface area contributed by atoms with Gasteiger partial charge in [0.15, 0.2) is 0 Å². The van der Waals surface area contributed by atoms with Crippen LogP contribution in [0.1, 0.15) is 5.56 Å². The predicted molar refractivity (Wildman–Crippen MR) is 152 cm³/mol. The summed E-state index contributed by atoms with van der Waals surface area (Å²) in [4.78, 5) is 0. The first kappa shape index (κ1) is 22.8. The molecule has 0 saturated carbocycles. The summed E-state index contributed by atoms with van der Waals surface area (Å²) in [5.74, 6) is 0. The van der Waals surface area contributed by atoms with Gasteiger partial charge < -0.3 is 0 Å². The molecule has 0 spiro atoms. The molecule has 5 rings (SSSR count). The number of hydrogen-bond acceptors (Lipinski definition) is 0. The van der Waals surface area contributed by atoms with Gasteiger partial charge in [0.1, 0.15) is 7.85 Å². The zero-order valence-electron chi connectivity index (χ0n) is 19.4. The summed E-state index contributed by atoms with van der Waals surface area (Å²) in [5.41, 5.74) is 2.66. The number of rotatable bonds is 4. The van der Waals surface area contributed by atoms with E-state index in [1.807, 2.05) is 0 Å². The van der Waals surface area contributed by atoms with Crippen LogP contribution in [0.2, 0.25) is 0 Å². The normalized spacial score (nSPS) is 11.2. The molecule has 2 heteroatoms. The molecule has 0 N–H and O–H groups in total. The Bertz CT molecular complexity index is 1050. The quantitative estimate of drug-likeness (QED) is 0.287. The maximum atomic E-state index is 2.29. The van der Waals surface area contributed by atoms with E-state index in [1.54, 1.807) is 0 Å². The van der Waals surface area contributed by atoms with Gasteiger partial charge in [-0.2, -0.15) is 0 Å². The first-order valence-corrected chi connectivity index (χ1v) is 13.5. The summed E-state index contributed by atoms with van der Waals surface area (Å²) in [6.45, 7) is 2.10. The Hall–Kier alpha value is -3.41. The van der Waals surface area contributed by atoms with E-state index in [0.717, 1.165) is 0 Å². The molecular formula is C31H30BP. The van der Waals surface area contributed by atoms with E-state index in [0.29, 0.717) is 0 Å². The third-order valence-electron chi connectivity index (χ3n) is 6.05. The topological polar surface area (TPSA) is 0 Å². The fraction of sp³-hybridized carbons (Fsp3) is 0.0323. The standard InChI is InChI=1S/C24H21P.C7H9B/c1-5-13-21(14-6-1)25(22-15-7-2-8-16-22,23-17-9-3-10-18-23)24-19-11-4-12-20-24;1-6-2-4-7(8)5-3-6/h1-20,25H;2-5H,8H2,1H3. The summed E-state index contributed by atoms with van der Waals surface area (Å²) >= 11 is 0. The van der Waals surface area contributed by atoms with Gasteiger partial charge in [0, 0.05) is 0 Å². The molecule has 5 aromatic rings. The van der Waals surface area contributed by atoms with Crippen LogP contribution >= 0.6 is 7.26 Å². The summed E-state index contributed by atoms with van der Waals surface area (Å²) in [7, 11) is -0.203. The van der Waals surface area contributed by atoms with E-state index in [2.05, 4.69) is 160 Å². The molecule has 0 aliphatic carbocycles. The molecule has 0 unspecified atom stereocenters. The Morgan fingerprint density at radius 1 is 0.394 bits per heavy atom. The minimum atomic E-state index is -2.30. The van der Waals surface area contributed by atoms with Gasteiger partial charge in [0.25, 0.3) is 0 Å². The Morgan fingerprint density at radius 2 is 0.667 bits per heavy atom. The van der Waals surface area contributed by atoms with Gasteiger partial charge in [0.2, 0.25) is 0 Å². The molecule has 0 nitrogen and oxygen atoms in total. The second kappa shape index (κ2) is 10.9. The van der Waals surface area contributed by atoms with Gasteiger partial charge in [0.05, 0.1) is 0 Å². The Labute approximate surface area is 199 Å². The van der Waals surface area contributed by atoms with Crippen molar-refractivity contribution >= 4 is 41.8 Å². The molecule has 0 aliphatic rings. The molecule has 162 valence electrons. The second-order valence-corrected chi connectivity index (χ2v) is 12.2. The molecule has 0 heterocycles. The molecule has 0 aromatic heterocycles. The van der Waals surface area contributed by atoms with Crippen molar-refractivity contribution in [1.82, 2.24) is 0 Å². The van der Waals surface area contributed by atoms with Gasteiger partial charge in [-0.25, -0.2) is 0 Å². The first-order chi connectivity index (χ1) is 16.2. The van der Waals surface area contributed by atoms with Crippen molar-refractivity contribution in [3.8, 4) is 0 Å². The van der Waals surface area contributed by atoms with E-state index in [1.165, 1.54) is 32.2 Å². The number of aryl methyl sites for hydroxylation is 1. The van der Waals surface area contributed by atoms with Crippen LogP contribution in [0.4, 0.5) is 0 Å². The molecule has 5 aromatic carbocycles. The molecular weight excluding hydrogens is 414 g/mol. The van der Waals surface area contributed by atoms with Crippen LogP contribution < -0.4 is 26.7 Å². The third-order valence-corrected chi connectivity index (χ3v) is 10.8. The fourth-order valence-corrected chi connectivity index (χ4v) is 9.16. The number of hydrogen-bond donors (Lipinski definition) is 0. The second-order valence-electron chi connectivity index (χ2n) is 8.37. The monoisotopic (exact) mass is 444 g/mol. The summed E-state index contributed by atoms with van der Waals surface area (Å²) in [5, 5.41) is 5.66. The van der Waals surface area contributed by atoms with Gasteiger partial charge in [-0.15, -0.1) is 0 Å². The van der Waals surface area contributed by atoms with Crippen molar-refractivity contribution in [2.24, 2.45) is 0 Å². The van der Waals surface area contributed by atoms with Crippen molar-refractivity contribution in [3.05, 3.63) is 151 Å². The van der Waals surface area contributed by atoms with Crippen molar-refractivity contribution < 1.29 is 0 Å². The molecule has 0 radical (unpaired) electrons. The Kier molecular flexibility index (Phi) is 7.56.